The fourth-order valence-corrected chi connectivity index (χ4v) is 0.224. The Hall–Kier alpha value is -0.300. The third-order valence-corrected chi connectivity index (χ3v) is 1.08. The van der Waals surface area contributed by atoms with Crippen LogP contribution in [0.25, 0.3) is 0 Å². The molecule has 0 saturated heterocycles. The first kappa shape index (κ1) is 17.0. The number of hydrogen-bond acceptors (Lipinski definition) is 1. The highest BCUT2D eigenvalue weighted by Gasteiger charge is 1.81. The lowest BCUT2D eigenvalue weighted by molar-refractivity contribution is 0.373. The Morgan fingerprint density at radius 3 is 1.36 bits per heavy atom. The first-order valence-electron chi connectivity index (χ1n) is 4.48. The molecular weight excluding hydrogens is 134 g/mol. The van der Waals surface area contributed by atoms with Gasteiger partial charge in [-0.1, -0.05) is 33.8 Å². The molecule has 11 heavy (non-hydrogen) atoms. The highest BCUT2D eigenvalue weighted by atomic mass is 15.1. The summed E-state index contributed by atoms with van der Waals surface area (Å²) >= 11 is 0. The molecule has 0 aromatic rings. The summed E-state index contributed by atoms with van der Waals surface area (Å²) in [7, 11) is 2.11. The van der Waals surface area contributed by atoms with Gasteiger partial charge in [0.1, 0.15) is 0 Å². The van der Waals surface area contributed by atoms with E-state index in [1.165, 1.54) is 0 Å². The van der Waals surface area contributed by atoms with E-state index in [2.05, 4.69) is 32.4 Å². The molecule has 1 heteroatoms. The van der Waals surface area contributed by atoms with Crippen LogP contribution in [-0.4, -0.2) is 25.0 Å². The van der Waals surface area contributed by atoms with Gasteiger partial charge >= 0.3 is 0 Å². The molecule has 0 atom stereocenters. The smallest absolute Gasteiger partial charge is 0.00504 e. The van der Waals surface area contributed by atoms with Crippen LogP contribution >= 0.6 is 0 Å². The molecule has 0 spiro atoms. The van der Waals surface area contributed by atoms with Crippen LogP contribution in [-0.2, 0) is 0 Å². The SMILES string of the molecule is C=CC.CC.CCN(C)CC. The molecule has 0 aliphatic heterocycles. The van der Waals surface area contributed by atoms with E-state index in [9.17, 15) is 0 Å². The first-order valence-corrected chi connectivity index (χ1v) is 4.48. The van der Waals surface area contributed by atoms with Crippen LogP contribution < -0.4 is 0 Å². The molecule has 0 bridgehead atoms. The van der Waals surface area contributed by atoms with E-state index in [0.29, 0.717) is 0 Å². The summed E-state index contributed by atoms with van der Waals surface area (Å²) in [5, 5.41) is 0. The average Bonchev–Trinajstić information content (AvgIpc) is 2.08. The maximum Gasteiger partial charge on any atom is -0.00504 e. The van der Waals surface area contributed by atoms with Gasteiger partial charge in [0, 0.05) is 0 Å². The number of rotatable bonds is 2. The topological polar surface area (TPSA) is 3.24 Å². The standard InChI is InChI=1S/C5H13N.C3H6.C2H6/c1-4-6(3)5-2;1-3-2;1-2/h4-5H2,1-3H3;3H,1H2,2H3;1-2H3. The normalized spacial score (nSPS) is 7.18. The molecule has 70 valence electrons. The molecule has 0 unspecified atom stereocenters. The molecule has 0 aliphatic rings. The third-order valence-electron chi connectivity index (χ3n) is 1.08. The van der Waals surface area contributed by atoms with Gasteiger partial charge in [-0.3, -0.25) is 0 Å². The number of hydrogen-bond donors (Lipinski definition) is 0. The molecule has 0 amide bonds. The van der Waals surface area contributed by atoms with Crippen LogP contribution in [0.15, 0.2) is 12.7 Å². The van der Waals surface area contributed by atoms with Gasteiger partial charge in [0.05, 0.1) is 0 Å². The Bertz CT molecular complexity index is 46.8. The Labute approximate surface area is 73.1 Å². The summed E-state index contributed by atoms with van der Waals surface area (Å²) in [6.45, 7) is 15.9. The molecule has 0 aliphatic carbocycles. The van der Waals surface area contributed by atoms with Crippen molar-refractivity contribution in [2.75, 3.05) is 20.1 Å². The maximum absolute atomic E-state index is 3.36. The predicted octanol–water partition coefficient (Wildman–Crippen LogP) is 3.18. The van der Waals surface area contributed by atoms with E-state index in [4.69, 9.17) is 0 Å². The summed E-state index contributed by atoms with van der Waals surface area (Å²) in [5.74, 6) is 0. The second-order valence-electron chi connectivity index (χ2n) is 1.90. The van der Waals surface area contributed by atoms with Crippen LogP contribution in [0, 0.1) is 0 Å². The van der Waals surface area contributed by atoms with E-state index in [1.54, 1.807) is 6.08 Å². The summed E-state index contributed by atoms with van der Waals surface area (Å²) in [5.41, 5.74) is 0. The van der Waals surface area contributed by atoms with Crippen molar-refractivity contribution >= 4 is 0 Å². The van der Waals surface area contributed by atoms with Crippen molar-refractivity contribution in [3.63, 3.8) is 0 Å². The second kappa shape index (κ2) is 22.6. The lowest BCUT2D eigenvalue weighted by atomic mass is 10.6. The summed E-state index contributed by atoms with van der Waals surface area (Å²) < 4.78 is 0. The average molecular weight is 159 g/mol. The highest BCUT2D eigenvalue weighted by molar-refractivity contribution is 4.51. The Balaban J connectivity index is -0.000000109. The molecular formula is C10H25N. The van der Waals surface area contributed by atoms with Crippen LogP contribution in [0.3, 0.4) is 0 Å². The molecule has 0 heterocycles. The lowest BCUT2D eigenvalue weighted by Gasteiger charge is -2.07. The largest absolute Gasteiger partial charge is 0.307 e. The zero-order chi connectivity index (χ0) is 9.70. The molecule has 0 aromatic heterocycles. The molecule has 0 N–H and O–H groups in total. The van der Waals surface area contributed by atoms with E-state index in [1.807, 2.05) is 20.8 Å². The molecule has 0 saturated carbocycles. The van der Waals surface area contributed by atoms with Gasteiger partial charge in [0.15, 0.2) is 0 Å². The lowest BCUT2D eigenvalue weighted by Crippen LogP contribution is -2.15. The van der Waals surface area contributed by atoms with Gasteiger partial charge in [-0.15, -0.1) is 6.58 Å². The minimum Gasteiger partial charge on any atom is -0.307 e. The zero-order valence-corrected chi connectivity index (χ0v) is 9.15. The van der Waals surface area contributed by atoms with Crippen molar-refractivity contribution in [2.45, 2.75) is 34.6 Å². The third kappa shape index (κ3) is 42.0. The van der Waals surface area contributed by atoms with Crippen LogP contribution in [0.4, 0.5) is 0 Å². The fraction of sp³-hybridized carbons (Fsp3) is 0.800. The first-order chi connectivity index (χ1) is 5.22. The minimum atomic E-state index is 1.16. The Morgan fingerprint density at radius 2 is 1.36 bits per heavy atom. The minimum absolute atomic E-state index is 1.16. The van der Waals surface area contributed by atoms with Crippen molar-refractivity contribution in [3.05, 3.63) is 12.7 Å². The van der Waals surface area contributed by atoms with Gasteiger partial charge in [-0.25, -0.2) is 0 Å². The quantitative estimate of drug-likeness (QED) is 0.559. The van der Waals surface area contributed by atoms with Gasteiger partial charge in [0.25, 0.3) is 0 Å². The summed E-state index contributed by atoms with van der Waals surface area (Å²) in [4.78, 5) is 2.25. The fourth-order valence-electron chi connectivity index (χ4n) is 0.224. The monoisotopic (exact) mass is 159 g/mol. The Morgan fingerprint density at radius 1 is 1.18 bits per heavy atom. The molecule has 0 fully saturated rings. The van der Waals surface area contributed by atoms with Crippen LogP contribution in [0.5, 0.6) is 0 Å². The number of nitrogens with zero attached hydrogens (tertiary/aromatic N) is 1. The molecule has 1 nitrogen and oxygen atoms in total. The molecule has 0 rings (SSSR count). The molecule has 0 aromatic carbocycles. The van der Waals surface area contributed by atoms with Crippen molar-refractivity contribution < 1.29 is 0 Å². The van der Waals surface area contributed by atoms with Gasteiger partial charge in [0.2, 0.25) is 0 Å². The van der Waals surface area contributed by atoms with Crippen LogP contribution in [0.2, 0.25) is 0 Å². The van der Waals surface area contributed by atoms with Gasteiger partial charge in [-0.05, 0) is 27.1 Å². The Kier molecular flexibility index (Phi) is 34.9. The summed E-state index contributed by atoms with van der Waals surface area (Å²) in [6, 6.07) is 0. The highest BCUT2D eigenvalue weighted by Crippen LogP contribution is 1.73. The molecule has 0 radical (unpaired) electrons. The van der Waals surface area contributed by atoms with Crippen molar-refractivity contribution in [3.8, 4) is 0 Å². The van der Waals surface area contributed by atoms with E-state index in [0.717, 1.165) is 13.1 Å². The summed E-state index contributed by atoms with van der Waals surface area (Å²) in [6.07, 6.45) is 1.75. The van der Waals surface area contributed by atoms with Crippen molar-refractivity contribution in [2.24, 2.45) is 0 Å². The number of allylic oxidation sites excluding steroid dienone is 1. The zero-order valence-electron chi connectivity index (χ0n) is 9.15. The van der Waals surface area contributed by atoms with Crippen LogP contribution in [0.1, 0.15) is 34.6 Å². The predicted molar refractivity (Wildman–Crippen MR) is 56.1 cm³/mol. The van der Waals surface area contributed by atoms with Crippen molar-refractivity contribution in [1.82, 2.24) is 4.90 Å². The van der Waals surface area contributed by atoms with E-state index in [-0.39, 0.29) is 0 Å². The maximum atomic E-state index is 3.36. The van der Waals surface area contributed by atoms with Crippen molar-refractivity contribution in [1.29, 1.82) is 0 Å². The van der Waals surface area contributed by atoms with E-state index < -0.39 is 0 Å². The second-order valence-corrected chi connectivity index (χ2v) is 1.90. The van der Waals surface area contributed by atoms with Gasteiger partial charge < -0.3 is 4.90 Å². The van der Waals surface area contributed by atoms with E-state index >= 15 is 0 Å². The van der Waals surface area contributed by atoms with Gasteiger partial charge in [-0.2, -0.15) is 0 Å².